The minimum absolute atomic E-state index is 0.0234. The van der Waals surface area contributed by atoms with Crippen molar-refractivity contribution >= 4 is 21.4 Å². The van der Waals surface area contributed by atoms with Crippen molar-refractivity contribution in [1.29, 1.82) is 0 Å². The van der Waals surface area contributed by atoms with E-state index in [2.05, 4.69) is 17.2 Å². The molecule has 1 fully saturated rings. The predicted molar refractivity (Wildman–Crippen MR) is 129 cm³/mol. The van der Waals surface area contributed by atoms with Gasteiger partial charge in [0.2, 0.25) is 5.91 Å². The summed E-state index contributed by atoms with van der Waals surface area (Å²) < 4.78 is 61.1. The second-order valence-corrected chi connectivity index (χ2v) is 10.6. The van der Waals surface area contributed by atoms with Crippen LogP contribution < -0.4 is 5.32 Å². The lowest BCUT2D eigenvalue weighted by Crippen LogP contribution is -2.49. The zero-order chi connectivity index (χ0) is 25.5. The lowest BCUT2D eigenvalue weighted by molar-refractivity contribution is -0.149. The molecule has 1 saturated heterocycles. The molecule has 1 aliphatic rings. The molecular weight excluding hydrogens is 479 g/mol. The number of rotatable bonds is 7. The Kier molecular flexibility index (Phi) is 8.94. The average Bonchev–Trinajstić information content (AvgIpc) is 2.81. The Morgan fingerprint density at radius 1 is 0.971 bits per heavy atom. The van der Waals surface area contributed by atoms with Crippen molar-refractivity contribution in [1.82, 2.24) is 9.80 Å². The van der Waals surface area contributed by atoms with Gasteiger partial charge < -0.3 is 5.32 Å². The highest BCUT2D eigenvalue weighted by Gasteiger charge is 2.31. The number of hydrogen-bond donors (Lipinski definition) is 1. The Morgan fingerprint density at radius 3 is 2.14 bits per heavy atom. The van der Waals surface area contributed by atoms with Crippen molar-refractivity contribution in [2.75, 3.05) is 50.3 Å². The predicted octanol–water partition coefficient (Wildman–Crippen LogP) is 3.19. The average molecular weight is 508 g/mol. The smallest absolute Gasteiger partial charge is 0.326 e. The number of hydrogen-bond acceptors (Lipinski definition) is 5. The lowest BCUT2D eigenvalue weighted by Gasteiger charge is -2.33. The maximum absolute atomic E-state index is 12.5. The van der Waals surface area contributed by atoms with Crippen LogP contribution in [-0.2, 0) is 21.1 Å². The van der Waals surface area contributed by atoms with Gasteiger partial charge in [-0.05, 0) is 42.0 Å². The Balaban J connectivity index is 1.44. The molecule has 35 heavy (non-hydrogen) atoms. The maximum Gasteiger partial charge on any atom is 0.401 e. The fourth-order valence-corrected chi connectivity index (χ4v) is 4.51. The maximum atomic E-state index is 12.5. The monoisotopic (exact) mass is 507 g/mol. The zero-order valence-electron chi connectivity index (χ0n) is 19.4. The molecule has 1 aliphatic heterocycles. The molecule has 188 valence electrons. The molecular formula is C25H28F3N3O3S. The third-order valence-electron chi connectivity index (χ3n) is 5.60. The van der Waals surface area contributed by atoms with Crippen LogP contribution in [0.4, 0.5) is 18.9 Å². The Bertz CT molecular complexity index is 1160. The Morgan fingerprint density at radius 2 is 1.57 bits per heavy atom. The van der Waals surface area contributed by atoms with E-state index in [1.165, 1.54) is 17.0 Å². The number of carbonyl (C=O) groups excluding carboxylic acids is 1. The zero-order valence-corrected chi connectivity index (χ0v) is 20.3. The van der Waals surface area contributed by atoms with E-state index in [0.29, 0.717) is 44.0 Å². The van der Waals surface area contributed by atoms with Gasteiger partial charge in [-0.1, -0.05) is 30.9 Å². The van der Waals surface area contributed by atoms with Gasteiger partial charge >= 0.3 is 6.18 Å². The van der Waals surface area contributed by atoms with E-state index in [-0.39, 0.29) is 23.0 Å². The van der Waals surface area contributed by atoms with Crippen molar-refractivity contribution < 1.29 is 26.4 Å². The second-order valence-electron chi connectivity index (χ2n) is 8.32. The molecule has 1 amide bonds. The summed E-state index contributed by atoms with van der Waals surface area (Å²) in [6, 6.07) is 13.4. The molecule has 1 N–H and O–H groups in total. The van der Waals surface area contributed by atoms with E-state index < -0.39 is 22.6 Å². The summed E-state index contributed by atoms with van der Waals surface area (Å²) in [5.74, 6) is 5.89. The normalized spacial score (nSPS) is 15.3. The number of nitrogens with one attached hydrogen (secondary N) is 1. The summed E-state index contributed by atoms with van der Waals surface area (Å²) in [7, 11) is -3.27. The summed E-state index contributed by atoms with van der Waals surface area (Å²) in [6.45, 7) is 3.04. The largest absolute Gasteiger partial charge is 0.401 e. The van der Waals surface area contributed by atoms with E-state index in [9.17, 15) is 26.4 Å². The van der Waals surface area contributed by atoms with Crippen LogP contribution in [0.1, 0.15) is 18.1 Å². The van der Waals surface area contributed by atoms with Crippen LogP contribution in [0.5, 0.6) is 0 Å². The third kappa shape index (κ3) is 8.69. The number of anilines is 1. The number of halogens is 3. The molecule has 6 nitrogen and oxygen atoms in total. The summed E-state index contributed by atoms with van der Waals surface area (Å²) in [5, 5.41) is 2.80. The number of piperazine rings is 1. The summed E-state index contributed by atoms with van der Waals surface area (Å²) in [5.41, 5.74) is 2.09. The quantitative estimate of drug-likeness (QED) is 0.583. The molecule has 0 radical (unpaired) electrons. The first-order chi connectivity index (χ1) is 16.5. The van der Waals surface area contributed by atoms with Crippen LogP contribution >= 0.6 is 0 Å². The molecule has 0 saturated carbocycles. The van der Waals surface area contributed by atoms with Crippen LogP contribution in [0.3, 0.4) is 0 Å². The number of sulfone groups is 1. The summed E-state index contributed by atoms with van der Waals surface area (Å²) in [4.78, 5) is 16.0. The Labute approximate surface area is 204 Å². The molecule has 0 aromatic heterocycles. The van der Waals surface area contributed by atoms with Crippen molar-refractivity contribution in [2.45, 2.75) is 24.4 Å². The topological polar surface area (TPSA) is 69.7 Å². The van der Waals surface area contributed by atoms with Crippen molar-refractivity contribution in [3.63, 3.8) is 0 Å². The van der Waals surface area contributed by atoms with E-state index in [1.807, 2.05) is 4.90 Å². The van der Waals surface area contributed by atoms with Crippen LogP contribution in [0.2, 0.25) is 0 Å². The van der Waals surface area contributed by atoms with Crippen molar-refractivity contribution in [3.8, 4) is 11.8 Å². The molecule has 3 rings (SSSR count). The molecule has 0 spiro atoms. The number of amides is 1. The van der Waals surface area contributed by atoms with Gasteiger partial charge in [-0.15, -0.1) is 0 Å². The Hall–Kier alpha value is -2.87. The van der Waals surface area contributed by atoms with Gasteiger partial charge in [-0.3, -0.25) is 14.6 Å². The number of nitrogens with zero attached hydrogens (tertiary/aromatic N) is 2. The van der Waals surface area contributed by atoms with Gasteiger partial charge in [0, 0.05) is 37.4 Å². The second kappa shape index (κ2) is 11.7. The van der Waals surface area contributed by atoms with Gasteiger partial charge in [0.15, 0.2) is 9.84 Å². The molecule has 1 heterocycles. The first-order valence-corrected chi connectivity index (χ1v) is 12.9. The van der Waals surface area contributed by atoms with E-state index >= 15 is 0 Å². The molecule has 10 heteroatoms. The van der Waals surface area contributed by atoms with E-state index in [1.54, 1.807) is 43.3 Å². The van der Waals surface area contributed by atoms with Gasteiger partial charge in [0.25, 0.3) is 0 Å². The number of benzene rings is 2. The molecule has 0 unspecified atom stereocenters. The molecule has 2 aromatic carbocycles. The first-order valence-electron chi connectivity index (χ1n) is 11.3. The molecule has 2 aromatic rings. The van der Waals surface area contributed by atoms with E-state index in [4.69, 9.17) is 0 Å². The van der Waals surface area contributed by atoms with Gasteiger partial charge in [0.05, 0.1) is 30.2 Å². The number of carbonyl (C=O) groups is 1. The molecule has 0 aliphatic carbocycles. The standard InChI is InChI=1S/C25H28F3N3O3S/c1-2-35(33,34)23-11-7-21(8-12-23)18-24(32)29-22-9-5-20(6-10-22)4-3-13-30-14-16-31(17-15-30)19-25(26,27)28/h5-12H,2,13-19H2,1H3,(H,29,32). The van der Waals surface area contributed by atoms with E-state index in [0.717, 1.165) is 5.56 Å². The van der Waals surface area contributed by atoms with Crippen LogP contribution in [0.15, 0.2) is 53.4 Å². The molecule has 0 atom stereocenters. The van der Waals surface area contributed by atoms with Crippen LogP contribution in [0.25, 0.3) is 0 Å². The summed E-state index contributed by atoms with van der Waals surface area (Å²) in [6.07, 6.45) is -4.05. The molecule has 0 bridgehead atoms. The minimum atomic E-state index is -4.17. The highest BCUT2D eigenvalue weighted by Crippen LogP contribution is 2.17. The number of alkyl halides is 3. The van der Waals surface area contributed by atoms with Gasteiger partial charge in [-0.2, -0.15) is 13.2 Å². The SMILES string of the molecule is CCS(=O)(=O)c1ccc(CC(=O)Nc2ccc(C#CCN3CCN(CC(F)(F)F)CC3)cc2)cc1. The minimum Gasteiger partial charge on any atom is -0.326 e. The van der Waals surface area contributed by atoms with Gasteiger partial charge in [0.1, 0.15) is 0 Å². The highest BCUT2D eigenvalue weighted by atomic mass is 32.2. The fourth-order valence-electron chi connectivity index (χ4n) is 3.62. The van der Waals surface area contributed by atoms with Gasteiger partial charge in [-0.25, -0.2) is 8.42 Å². The lowest BCUT2D eigenvalue weighted by atomic mass is 10.1. The van der Waals surface area contributed by atoms with Crippen LogP contribution in [0, 0.1) is 11.8 Å². The third-order valence-corrected chi connectivity index (χ3v) is 7.35. The highest BCUT2D eigenvalue weighted by molar-refractivity contribution is 7.91. The fraction of sp³-hybridized carbons (Fsp3) is 0.400. The van der Waals surface area contributed by atoms with Crippen molar-refractivity contribution in [3.05, 3.63) is 59.7 Å². The summed E-state index contributed by atoms with van der Waals surface area (Å²) >= 11 is 0. The first kappa shape index (κ1) is 26.7. The van der Waals surface area contributed by atoms with Crippen molar-refractivity contribution in [2.24, 2.45) is 0 Å². The van der Waals surface area contributed by atoms with Crippen LogP contribution in [-0.4, -0.2) is 75.3 Å².